The third kappa shape index (κ3) is 49.1. The van der Waals surface area contributed by atoms with Crippen molar-refractivity contribution in [2.75, 3.05) is 0 Å². The number of hydrogen-bond acceptors (Lipinski definition) is 0. The normalized spacial score (nSPS) is 4.50. The first-order valence-corrected chi connectivity index (χ1v) is 1.96. The quantitative estimate of drug-likeness (QED) is 0.351. The molecule has 0 saturated heterocycles. The van der Waals surface area contributed by atoms with Crippen LogP contribution < -0.4 is 0 Å². The van der Waals surface area contributed by atoms with E-state index in [0.717, 1.165) is 0 Å². The van der Waals surface area contributed by atoms with E-state index in [0.29, 0.717) is 0 Å². The molecule has 0 atom stereocenters. The molecule has 0 bridgehead atoms. The van der Waals surface area contributed by atoms with Crippen LogP contribution in [-0.2, 0) is 0 Å². The summed E-state index contributed by atoms with van der Waals surface area (Å²) in [5.74, 6) is 0. The Morgan fingerprint density at radius 2 is 1.17 bits per heavy atom. The Labute approximate surface area is 70.9 Å². The van der Waals surface area contributed by atoms with Crippen molar-refractivity contribution in [2.24, 2.45) is 0 Å². The molecule has 0 saturated carbocycles. The molecule has 0 rings (SSSR count). The summed E-state index contributed by atoms with van der Waals surface area (Å²) >= 11 is -4.64. The monoisotopic (exact) mass is 146 g/mol. The molecular weight excluding hydrogens is 143 g/mol. The summed E-state index contributed by atoms with van der Waals surface area (Å²) in [5, 5.41) is 0. The van der Waals surface area contributed by atoms with E-state index in [1.54, 1.807) is 0 Å². The predicted octanol–water partition coefficient (Wildman–Crippen LogP) is 0.877. The standard InChI is InChI=1S/Al.Ca.4FH.2H/h;;4*1H;;/q+3;+2;;;;;2*-1/p-3. The van der Waals surface area contributed by atoms with Gasteiger partial charge in [-0.2, -0.15) is 0 Å². The Morgan fingerprint density at radius 1 is 1.17 bits per heavy atom. The molecule has 0 unspecified atom stereocenters. The van der Waals surface area contributed by atoms with Gasteiger partial charge in [-0.15, -0.1) is 0 Å². The molecule has 0 aliphatic heterocycles. The fourth-order valence-electron chi connectivity index (χ4n) is 0. The van der Waals surface area contributed by atoms with Crippen LogP contribution in [0.2, 0.25) is 0 Å². The van der Waals surface area contributed by atoms with Gasteiger partial charge in [0.05, 0.1) is 0 Å². The molecule has 0 heterocycles. The van der Waals surface area contributed by atoms with Crippen molar-refractivity contribution in [2.45, 2.75) is 0 Å². The van der Waals surface area contributed by atoms with Gasteiger partial charge < -0.3 is 13.4 Å². The molecule has 0 spiro atoms. The van der Waals surface area contributed by atoms with E-state index in [2.05, 4.69) is 0 Å². The minimum Gasteiger partial charge on any atom is -1.00 e. The van der Waals surface area contributed by atoms with E-state index in [-0.39, 0.29) is 45.3 Å². The Kier molecular flexibility index (Phi) is 25.3. The average molecular weight is 146 g/mol. The van der Waals surface area contributed by atoms with Gasteiger partial charge in [-0.25, -0.2) is 0 Å². The van der Waals surface area contributed by atoms with E-state index in [1.807, 2.05) is 0 Å². The number of halogens is 4. The third-order valence-electron chi connectivity index (χ3n) is 0. The predicted molar refractivity (Wildman–Crippen MR) is 19.6 cm³/mol. The van der Waals surface area contributed by atoms with E-state index >= 15 is 0 Å². The van der Waals surface area contributed by atoms with Gasteiger partial charge in [-0.05, 0) is 0 Å². The molecule has 0 fully saturated rings. The van der Waals surface area contributed by atoms with E-state index in [1.165, 1.54) is 0 Å². The molecule has 6 heavy (non-hydrogen) atoms. The van der Waals surface area contributed by atoms with Crippen LogP contribution in [0, 0.1) is 0 Å². The van der Waals surface area contributed by atoms with Gasteiger partial charge in [-0.3, -0.25) is 4.70 Å². The molecule has 36 valence electrons. The largest absolute Gasteiger partial charge is 2.00 e. The van der Waals surface area contributed by atoms with Gasteiger partial charge in [0.15, 0.2) is 0 Å². The SMILES string of the molecule is F.[Ca+2].[F][Al]([F])[F].[H-].[H-]. The van der Waals surface area contributed by atoms with Crippen molar-refractivity contribution in [1.82, 2.24) is 0 Å². The van der Waals surface area contributed by atoms with Crippen LogP contribution in [-0.4, -0.2) is 53.3 Å². The van der Waals surface area contributed by atoms with Gasteiger partial charge in [0, 0.05) is 0 Å². The maximum atomic E-state index is 9.81. The molecule has 0 aromatic carbocycles. The molecule has 0 nitrogen and oxygen atoms in total. The van der Waals surface area contributed by atoms with Gasteiger partial charge in [0.1, 0.15) is 0 Å². The summed E-state index contributed by atoms with van der Waals surface area (Å²) in [6.07, 6.45) is 0. The minimum atomic E-state index is -4.64. The Bertz CT molecular complexity index is 18.8. The zero-order valence-corrected chi connectivity index (χ0v) is 6.19. The Hall–Kier alpha value is 1.51. The van der Waals surface area contributed by atoms with E-state index in [9.17, 15) is 10.6 Å². The van der Waals surface area contributed by atoms with Crippen LogP contribution in [0.3, 0.4) is 0 Å². The van der Waals surface area contributed by atoms with Gasteiger partial charge in [0.25, 0.3) is 0 Å². The smallest absolute Gasteiger partial charge is 1.00 e. The second kappa shape index (κ2) is 9.72. The summed E-state index contributed by atoms with van der Waals surface area (Å²) in [4.78, 5) is 0. The molecule has 0 aromatic heterocycles. The van der Waals surface area contributed by atoms with Crippen LogP contribution in [0.1, 0.15) is 2.85 Å². The van der Waals surface area contributed by atoms with Crippen molar-refractivity contribution in [3.8, 4) is 0 Å². The second-order valence-corrected chi connectivity index (χ2v) is 0.742. The first kappa shape index (κ1) is 15.6. The van der Waals surface area contributed by atoms with Crippen molar-refractivity contribution in [3.05, 3.63) is 0 Å². The summed E-state index contributed by atoms with van der Waals surface area (Å²) in [6.45, 7) is 0. The molecular formula is H3AlCaF4. The van der Waals surface area contributed by atoms with Crippen LogP contribution >= 0.6 is 0 Å². The average Bonchev–Trinajstić information content (AvgIpc) is 0.811. The Morgan fingerprint density at radius 3 is 1.17 bits per heavy atom. The molecule has 0 amide bonds. The van der Waals surface area contributed by atoms with E-state index in [4.69, 9.17) is 0 Å². The Balaban J connectivity index is -0.00000000750. The van der Waals surface area contributed by atoms with Crippen molar-refractivity contribution in [3.63, 3.8) is 0 Å². The summed E-state index contributed by atoms with van der Waals surface area (Å²) < 4.78 is 29.4. The first-order chi connectivity index (χ1) is 1.73. The van der Waals surface area contributed by atoms with Crippen molar-refractivity contribution >= 4 is 53.3 Å². The van der Waals surface area contributed by atoms with Crippen LogP contribution in [0.5, 0.6) is 0 Å². The molecule has 0 N–H and O–H groups in total. The molecule has 0 aromatic rings. The molecule has 0 aliphatic rings. The fraction of sp³-hybridized carbons (Fsp3) is 0. The zero-order chi connectivity index (χ0) is 3.58. The number of hydrogen-bond donors (Lipinski definition) is 0. The van der Waals surface area contributed by atoms with Gasteiger partial charge >= 0.3 is 53.3 Å². The van der Waals surface area contributed by atoms with Crippen molar-refractivity contribution in [1.29, 1.82) is 0 Å². The minimum absolute atomic E-state index is 0. The maximum absolute atomic E-state index is 9.81. The van der Waals surface area contributed by atoms with Crippen LogP contribution in [0.4, 0.5) is 15.3 Å². The van der Waals surface area contributed by atoms with Crippen LogP contribution in [0.15, 0.2) is 0 Å². The summed E-state index contributed by atoms with van der Waals surface area (Å²) in [7, 11) is 0. The van der Waals surface area contributed by atoms with Crippen LogP contribution in [0.25, 0.3) is 0 Å². The fourth-order valence-corrected chi connectivity index (χ4v) is 0. The first-order valence-electron chi connectivity index (χ1n) is 0.655. The molecule has 0 aliphatic carbocycles. The van der Waals surface area contributed by atoms with Gasteiger partial charge in [0.2, 0.25) is 0 Å². The van der Waals surface area contributed by atoms with Crippen molar-refractivity contribution < 1.29 is 18.1 Å². The van der Waals surface area contributed by atoms with E-state index < -0.39 is 15.5 Å². The summed E-state index contributed by atoms with van der Waals surface area (Å²) in [6, 6.07) is 0. The third-order valence-corrected chi connectivity index (χ3v) is 0. The zero-order valence-electron chi connectivity index (χ0n) is 4.83. The van der Waals surface area contributed by atoms with Gasteiger partial charge in [-0.1, -0.05) is 0 Å². The molecule has 0 radical (unpaired) electrons. The molecule has 6 heteroatoms. The second-order valence-electron chi connectivity index (χ2n) is 0.247. The summed E-state index contributed by atoms with van der Waals surface area (Å²) in [5.41, 5.74) is 0. The topological polar surface area (TPSA) is 0 Å². The number of rotatable bonds is 0. The maximum Gasteiger partial charge on any atom is 2.00 e.